The molecule has 1 aromatic heterocycles. The average molecular weight is 355 g/mol. The first kappa shape index (κ1) is 15.2. The minimum atomic E-state index is 0.712. The fourth-order valence-electron chi connectivity index (χ4n) is 3.55. The molecule has 0 bridgehead atoms. The summed E-state index contributed by atoms with van der Waals surface area (Å²) in [4.78, 5) is 0. The van der Waals surface area contributed by atoms with Crippen LogP contribution in [0, 0.1) is 0 Å². The van der Waals surface area contributed by atoms with Crippen LogP contribution in [-0.2, 0) is 0 Å². The summed E-state index contributed by atoms with van der Waals surface area (Å²) in [6.07, 6.45) is 0. The van der Waals surface area contributed by atoms with Crippen LogP contribution in [0.15, 0.2) is 95.4 Å². The van der Waals surface area contributed by atoms with Crippen molar-refractivity contribution in [2.75, 3.05) is 0 Å². The fraction of sp³-hybridized carbons (Fsp3) is 0. The molecule has 0 amide bonds. The van der Waals surface area contributed by atoms with Gasteiger partial charge in [-0.2, -0.15) is 0 Å². The summed E-state index contributed by atoms with van der Waals surface area (Å²) in [5.74, 6) is 0. The molecular formula is C24H15ClO. The van der Waals surface area contributed by atoms with Gasteiger partial charge in [-0.25, -0.2) is 0 Å². The lowest BCUT2D eigenvalue weighted by atomic mass is 10.0. The summed E-state index contributed by atoms with van der Waals surface area (Å²) in [5, 5.41) is 2.73. The molecule has 2 heteroatoms. The van der Waals surface area contributed by atoms with E-state index in [2.05, 4.69) is 42.5 Å². The number of para-hydroxylation sites is 1. The Morgan fingerprint density at radius 1 is 0.538 bits per heavy atom. The van der Waals surface area contributed by atoms with Crippen molar-refractivity contribution in [1.82, 2.24) is 0 Å². The largest absolute Gasteiger partial charge is 0.455 e. The van der Waals surface area contributed by atoms with Gasteiger partial charge in [0.25, 0.3) is 0 Å². The van der Waals surface area contributed by atoms with Crippen LogP contribution in [0.5, 0.6) is 0 Å². The summed E-state index contributed by atoms with van der Waals surface area (Å²) in [7, 11) is 0. The molecular weight excluding hydrogens is 340 g/mol. The maximum atomic E-state index is 6.58. The van der Waals surface area contributed by atoms with Gasteiger partial charge in [-0.05, 0) is 23.3 Å². The number of hydrogen-bond donors (Lipinski definition) is 0. The van der Waals surface area contributed by atoms with E-state index in [9.17, 15) is 0 Å². The molecule has 4 aromatic carbocycles. The smallest absolute Gasteiger partial charge is 0.144 e. The fourth-order valence-corrected chi connectivity index (χ4v) is 3.80. The number of furan rings is 1. The van der Waals surface area contributed by atoms with Crippen molar-refractivity contribution in [1.29, 1.82) is 0 Å². The van der Waals surface area contributed by atoms with Crippen molar-refractivity contribution in [2.45, 2.75) is 0 Å². The van der Waals surface area contributed by atoms with Gasteiger partial charge in [0, 0.05) is 21.9 Å². The van der Waals surface area contributed by atoms with Gasteiger partial charge >= 0.3 is 0 Å². The van der Waals surface area contributed by atoms with E-state index in [-0.39, 0.29) is 0 Å². The van der Waals surface area contributed by atoms with E-state index in [1.165, 1.54) is 0 Å². The predicted octanol–water partition coefficient (Wildman–Crippen LogP) is 7.57. The monoisotopic (exact) mass is 354 g/mol. The molecule has 0 spiro atoms. The molecule has 124 valence electrons. The average Bonchev–Trinajstić information content (AvgIpc) is 3.10. The van der Waals surface area contributed by atoms with E-state index in [0.717, 1.165) is 44.2 Å². The Morgan fingerprint density at radius 3 is 1.81 bits per heavy atom. The molecule has 5 rings (SSSR count). The van der Waals surface area contributed by atoms with Gasteiger partial charge in [-0.1, -0.05) is 90.5 Å². The topological polar surface area (TPSA) is 13.1 Å². The quantitative estimate of drug-likeness (QED) is 0.318. The molecule has 0 aliphatic heterocycles. The van der Waals surface area contributed by atoms with E-state index in [1.54, 1.807) is 0 Å². The van der Waals surface area contributed by atoms with Crippen molar-refractivity contribution < 1.29 is 4.42 Å². The van der Waals surface area contributed by atoms with Crippen LogP contribution < -0.4 is 0 Å². The molecule has 0 saturated carbocycles. The van der Waals surface area contributed by atoms with Crippen LogP contribution in [0.1, 0.15) is 0 Å². The van der Waals surface area contributed by atoms with Gasteiger partial charge in [0.2, 0.25) is 0 Å². The highest BCUT2D eigenvalue weighted by atomic mass is 35.5. The molecule has 0 atom stereocenters. The number of hydrogen-bond acceptors (Lipinski definition) is 1. The number of benzene rings is 4. The normalized spacial score (nSPS) is 11.3. The summed E-state index contributed by atoms with van der Waals surface area (Å²) in [6, 6.07) is 30.8. The Hall–Kier alpha value is -3.03. The summed E-state index contributed by atoms with van der Waals surface area (Å²) < 4.78 is 6.42. The zero-order valence-electron chi connectivity index (χ0n) is 13.9. The Morgan fingerprint density at radius 2 is 1.15 bits per heavy atom. The molecule has 1 nitrogen and oxygen atoms in total. The Balaban J connectivity index is 1.89. The molecule has 0 N–H and O–H groups in total. The van der Waals surface area contributed by atoms with Crippen LogP contribution in [0.4, 0.5) is 0 Å². The van der Waals surface area contributed by atoms with Crippen LogP contribution in [-0.4, -0.2) is 0 Å². The van der Waals surface area contributed by atoms with Crippen molar-refractivity contribution in [3.63, 3.8) is 0 Å². The summed E-state index contributed by atoms with van der Waals surface area (Å²) >= 11 is 6.58. The minimum Gasteiger partial charge on any atom is -0.455 e. The van der Waals surface area contributed by atoms with Crippen molar-refractivity contribution >= 4 is 33.5 Å². The zero-order chi connectivity index (χ0) is 17.5. The molecule has 0 saturated heterocycles. The third-order valence-electron chi connectivity index (χ3n) is 4.76. The van der Waals surface area contributed by atoms with Crippen molar-refractivity contribution in [2.24, 2.45) is 0 Å². The summed E-state index contributed by atoms with van der Waals surface area (Å²) in [6.45, 7) is 0. The van der Waals surface area contributed by atoms with Crippen LogP contribution in [0.2, 0.25) is 5.02 Å². The second kappa shape index (κ2) is 6.05. The third kappa shape index (κ3) is 2.33. The van der Waals surface area contributed by atoms with Crippen LogP contribution in [0.3, 0.4) is 0 Å². The van der Waals surface area contributed by atoms with E-state index in [0.29, 0.717) is 5.02 Å². The highest BCUT2D eigenvalue weighted by molar-refractivity contribution is 6.38. The van der Waals surface area contributed by atoms with Gasteiger partial charge in [-0.3, -0.25) is 0 Å². The molecule has 0 fully saturated rings. The van der Waals surface area contributed by atoms with Crippen molar-refractivity contribution in [3.8, 4) is 22.3 Å². The predicted molar refractivity (Wildman–Crippen MR) is 110 cm³/mol. The molecule has 0 aliphatic rings. The first-order valence-electron chi connectivity index (χ1n) is 8.57. The first-order valence-corrected chi connectivity index (χ1v) is 8.95. The SMILES string of the molecule is Clc1ccc(-c2ccccc2)c2oc3c(-c4ccccc4)cccc3c12. The highest BCUT2D eigenvalue weighted by Crippen LogP contribution is 2.42. The molecule has 5 aromatic rings. The second-order valence-corrected chi connectivity index (χ2v) is 6.72. The van der Waals surface area contributed by atoms with E-state index in [4.69, 9.17) is 16.0 Å². The van der Waals surface area contributed by atoms with Gasteiger partial charge in [0.15, 0.2) is 0 Å². The Bertz CT molecular complexity index is 1220. The summed E-state index contributed by atoms with van der Waals surface area (Å²) in [5.41, 5.74) is 6.10. The second-order valence-electron chi connectivity index (χ2n) is 6.32. The zero-order valence-corrected chi connectivity index (χ0v) is 14.7. The molecule has 0 radical (unpaired) electrons. The first-order chi connectivity index (χ1) is 12.8. The lowest BCUT2D eigenvalue weighted by molar-refractivity contribution is 0.671. The molecule has 26 heavy (non-hydrogen) atoms. The van der Waals surface area contributed by atoms with Gasteiger partial charge < -0.3 is 4.42 Å². The Labute approximate surface area is 156 Å². The minimum absolute atomic E-state index is 0.712. The number of fused-ring (bicyclic) bond motifs is 3. The number of rotatable bonds is 2. The number of halogens is 1. The van der Waals surface area contributed by atoms with Crippen LogP contribution >= 0.6 is 11.6 Å². The van der Waals surface area contributed by atoms with Gasteiger partial charge in [0.05, 0.1) is 5.02 Å². The highest BCUT2D eigenvalue weighted by Gasteiger charge is 2.17. The molecule has 1 heterocycles. The standard InChI is InChI=1S/C24H15ClO/c25-21-15-14-19(17-10-5-2-6-11-17)24-22(21)20-13-7-12-18(23(20)26-24)16-8-3-1-4-9-16/h1-15H. The lowest BCUT2D eigenvalue weighted by Gasteiger charge is -2.03. The van der Waals surface area contributed by atoms with Crippen LogP contribution in [0.25, 0.3) is 44.2 Å². The van der Waals surface area contributed by atoms with Gasteiger partial charge in [0.1, 0.15) is 11.2 Å². The lowest BCUT2D eigenvalue weighted by Crippen LogP contribution is -1.79. The Kier molecular flexibility index (Phi) is 3.55. The maximum absolute atomic E-state index is 6.58. The van der Waals surface area contributed by atoms with E-state index in [1.807, 2.05) is 48.5 Å². The van der Waals surface area contributed by atoms with Gasteiger partial charge in [-0.15, -0.1) is 0 Å². The molecule has 0 aliphatic carbocycles. The third-order valence-corrected chi connectivity index (χ3v) is 5.08. The molecule has 0 unspecified atom stereocenters. The van der Waals surface area contributed by atoms with E-state index < -0.39 is 0 Å². The van der Waals surface area contributed by atoms with E-state index >= 15 is 0 Å². The maximum Gasteiger partial charge on any atom is 0.144 e. The van der Waals surface area contributed by atoms with Crippen molar-refractivity contribution in [3.05, 3.63) is 96.0 Å².